The summed E-state index contributed by atoms with van der Waals surface area (Å²) in [6.07, 6.45) is 5.89. The van der Waals surface area contributed by atoms with E-state index in [1.54, 1.807) is 0 Å². The number of carbonyl (C=O) groups excluding carboxylic acids is 1. The van der Waals surface area contributed by atoms with Crippen molar-refractivity contribution in [1.29, 1.82) is 0 Å². The molecular weight excluding hydrogens is 236 g/mol. The van der Waals surface area contributed by atoms with Crippen molar-refractivity contribution in [3.05, 3.63) is 35.4 Å². The zero-order chi connectivity index (χ0) is 13.9. The fraction of sp³-hybridized carbons (Fsp3) is 0.438. The molecule has 0 radical (unpaired) electrons. The van der Waals surface area contributed by atoms with Crippen LogP contribution in [0.2, 0.25) is 0 Å². The minimum Gasteiger partial charge on any atom is -0.355 e. The second-order valence-corrected chi connectivity index (χ2v) is 5.60. The highest BCUT2D eigenvalue weighted by Crippen LogP contribution is 2.23. The van der Waals surface area contributed by atoms with E-state index in [4.69, 9.17) is 6.42 Å². The highest BCUT2D eigenvalue weighted by atomic mass is 16.1. The van der Waals surface area contributed by atoms with Crippen molar-refractivity contribution in [3.8, 4) is 12.3 Å². The third-order valence-electron chi connectivity index (χ3n) is 3.65. The van der Waals surface area contributed by atoms with Crippen LogP contribution >= 0.6 is 0 Å². The van der Waals surface area contributed by atoms with E-state index < -0.39 is 0 Å². The first-order valence-corrected chi connectivity index (χ1v) is 6.58. The van der Waals surface area contributed by atoms with Crippen molar-refractivity contribution in [2.24, 2.45) is 0 Å². The van der Waals surface area contributed by atoms with Crippen molar-refractivity contribution < 1.29 is 4.79 Å². The Morgan fingerprint density at radius 1 is 1.37 bits per heavy atom. The van der Waals surface area contributed by atoms with Gasteiger partial charge in [0, 0.05) is 37.2 Å². The number of rotatable bonds is 2. The quantitative estimate of drug-likeness (QED) is 0.818. The van der Waals surface area contributed by atoms with Crippen LogP contribution in [0.1, 0.15) is 31.4 Å². The Labute approximate surface area is 115 Å². The molecule has 19 heavy (non-hydrogen) atoms. The van der Waals surface area contributed by atoms with Crippen molar-refractivity contribution in [2.75, 3.05) is 13.1 Å². The molecule has 3 nitrogen and oxygen atoms in total. The standard InChI is InChI=1S/C16H20N2O/c1-4-13-5-7-14(8-6-13)12-18-10-9-17-15(19)11-16(18,2)3/h1,5-8H,9-12H2,2-3H3,(H,17,19). The van der Waals surface area contributed by atoms with Gasteiger partial charge in [-0.1, -0.05) is 18.1 Å². The summed E-state index contributed by atoms with van der Waals surface area (Å²) in [6.45, 7) is 6.66. The monoisotopic (exact) mass is 256 g/mol. The molecule has 1 aliphatic rings. The highest BCUT2D eigenvalue weighted by molar-refractivity contribution is 5.77. The predicted molar refractivity (Wildman–Crippen MR) is 76.5 cm³/mol. The summed E-state index contributed by atoms with van der Waals surface area (Å²) in [6, 6.07) is 8.05. The van der Waals surface area contributed by atoms with E-state index in [1.807, 2.05) is 12.1 Å². The van der Waals surface area contributed by atoms with Crippen LogP contribution in [0.4, 0.5) is 0 Å². The number of hydrogen-bond donors (Lipinski definition) is 1. The molecule has 0 spiro atoms. The fourth-order valence-electron chi connectivity index (χ4n) is 2.42. The van der Waals surface area contributed by atoms with E-state index in [-0.39, 0.29) is 11.4 Å². The highest BCUT2D eigenvalue weighted by Gasteiger charge is 2.31. The lowest BCUT2D eigenvalue weighted by Gasteiger charge is -2.36. The molecule has 1 fully saturated rings. The van der Waals surface area contributed by atoms with Gasteiger partial charge in [-0.15, -0.1) is 6.42 Å². The molecule has 0 saturated carbocycles. The molecule has 0 aliphatic carbocycles. The van der Waals surface area contributed by atoms with Crippen molar-refractivity contribution in [1.82, 2.24) is 10.2 Å². The molecule has 1 aliphatic heterocycles. The number of carbonyl (C=O) groups is 1. The molecule has 1 N–H and O–H groups in total. The summed E-state index contributed by atoms with van der Waals surface area (Å²) in [5.41, 5.74) is 2.00. The number of nitrogens with one attached hydrogen (secondary N) is 1. The van der Waals surface area contributed by atoms with E-state index in [0.717, 1.165) is 18.7 Å². The Morgan fingerprint density at radius 3 is 2.68 bits per heavy atom. The van der Waals surface area contributed by atoms with Crippen LogP contribution in [0.15, 0.2) is 24.3 Å². The molecule has 0 atom stereocenters. The Hall–Kier alpha value is -1.79. The van der Waals surface area contributed by atoms with Crippen LogP contribution in [-0.2, 0) is 11.3 Å². The van der Waals surface area contributed by atoms with Gasteiger partial charge in [0.15, 0.2) is 0 Å². The van der Waals surface area contributed by atoms with Crippen LogP contribution < -0.4 is 5.32 Å². The minimum atomic E-state index is -0.120. The average Bonchev–Trinajstić information content (AvgIpc) is 2.49. The van der Waals surface area contributed by atoms with E-state index >= 15 is 0 Å². The van der Waals surface area contributed by atoms with Gasteiger partial charge in [-0.3, -0.25) is 9.69 Å². The lowest BCUT2D eigenvalue weighted by Crippen LogP contribution is -2.44. The summed E-state index contributed by atoms with van der Waals surface area (Å²) in [4.78, 5) is 14.0. The number of terminal acetylenes is 1. The third-order valence-corrected chi connectivity index (χ3v) is 3.65. The van der Waals surface area contributed by atoms with Gasteiger partial charge < -0.3 is 5.32 Å². The van der Waals surface area contributed by atoms with Crippen LogP contribution in [0.5, 0.6) is 0 Å². The van der Waals surface area contributed by atoms with Crippen molar-refractivity contribution >= 4 is 5.91 Å². The van der Waals surface area contributed by atoms with Gasteiger partial charge in [0.25, 0.3) is 0 Å². The maximum Gasteiger partial charge on any atom is 0.221 e. The molecule has 1 aromatic rings. The third kappa shape index (κ3) is 3.36. The molecule has 0 unspecified atom stereocenters. The lowest BCUT2D eigenvalue weighted by atomic mass is 9.97. The Morgan fingerprint density at radius 2 is 2.05 bits per heavy atom. The lowest BCUT2D eigenvalue weighted by molar-refractivity contribution is -0.122. The second-order valence-electron chi connectivity index (χ2n) is 5.60. The first-order valence-electron chi connectivity index (χ1n) is 6.58. The summed E-state index contributed by atoms with van der Waals surface area (Å²) >= 11 is 0. The molecule has 1 heterocycles. The summed E-state index contributed by atoms with van der Waals surface area (Å²) in [5.74, 6) is 2.76. The Balaban J connectivity index is 2.12. The van der Waals surface area contributed by atoms with Crippen molar-refractivity contribution in [3.63, 3.8) is 0 Å². The maximum absolute atomic E-state index is 11.6. The molecule has 1 saturated heterocycles. The first-order chi connectivity index (χ1) is 9.01. The second kappa shape index (κ2) is 5.46. The SMILES string of the molecule is C#Cc1ccc(CN2CCNC(=O)CC2(C)C)cc1. The largest absolute Gasteiger partial charge is 0.355 e. The Kier molecular flexibility index (Phi) is 3.92. The molecule has 1 amide bonds. The predicted octanol–water partition coefficient (Wildman–Crippen LogP) is 1.77. The molecule has 0 aromatic heterocycles. The first kappa shape index (κ1) is 13.6. The van der Waals surface area contributed by atoms with Crippen LogP contribution in [0.25, 0.3) is 0 Å². The van der Waals surface area contributed by atoms with E-state index in [1.165, 1.54) is 5.56 Å². The smallest absolute Gasteiger partial charge is 0.221 e. The molecule has 0 bridgehead atoms. The summed E-state index contributed by atoms with van der Waals surface area (Å²) < 4.78 is 0. The van der Waals surface area contributed by atoms with Gasteiger partial charge in [-0.2, -0.15) is 0 Å². The summed E-state index contributed by atoms with van der Waals surface area (Å²) in [7, 11) is 0. The van der Waals surface area contributed by atoms with Gasteiger partial charge in [-0.05, 0) is 31.5 Å². The molecule has 100 valence electrons. The van der Waals surface area contributed by atoms with Crippen LogP contribution in [-0.4, -0.2) is 29.4 Å². The maximum atomic E-state index is 11.6. The molecule has 2 rings (SSSR count). The minimum absolute atomic E-state index is 0.120. The average molecular weight is 256 g/mol. The Bertz CT molecular complexity index is 496. The zero-order valence-corrected chi connectivity index (χ0v) is 11.6. The van der Waals surface area contributed by atoms with Gasteiger partial charge in [-0.25, -0.2) is 0 Å². The van der Waals surface area contributed by atoms with Crippen LogP contribution in [0.3, 0.4) is 0 Å². The van der Waals surface area contributed by atoms with Gasteiger partial charge >= 0.3 is 0 Å². The molecule has 1 aromatic carbocycles. The van der Waals surface area contributed by atoms with Gasteiger partial charge in [0.2, 0.25) is 5.91 Å². The van der Waals surface area contributed by atoms with Crippen molar-refractivity contribution in [2.45, 2.75) is 32.4 Å². The zero-order valence-electron chi connectivity index (χ0n) is 11.6. The molecular formula is C16H20N2O. The number of amides is 1. The summed E-state index contributed by atoms with van der Waals surface area (Å²) in [5, 5.41) is 2.93. The topological polar surface area (TPSA) is 32.3 Å². The fourth-order valence-corrected chi connectivity index (χ4v) is 2.42. The normalized spacial score (nSPS) is 19.3. The van der Waals surface area contributed by atoms with E-state index in [0.29, 0.717) is 13.0 Å². The van der Waals surface area contributed by atoms with Gasteiger partial charge in [0.1, 0.15) is 0 Å². The number of benzene rings is 1. The molecule has 3 heteroatoms. The van der Waals surface area contributed by atoms with Gasteiger partial charge in [0.05, 0.1) is 0 Å². The number of nitrogens with zero attached hydrogens (tertiary/aromatic N) is 1. The van der Waals surface area contributed by atoms with E-state index in [9.17, 15) is 4.79 Å². The number of hydrogen-bond acceptors (Lipinski definition) is 2. The van der Waals surface area contributed by atoms with E-state index in [2.05, 4.69) is 42.1 Å². The van der Waals surface area contributed by atoms with Crippen LogP contribution in [0, 0.1) is 12.3 Å².